The van der Waals surface area contributed by atoms with Crippen LogP contribution in [0.2, 0.25) is 0 Å². The summed E-state index contributed by atoms with van der Waals surface area (Å²) >= 11 is 0. The number of halogens is 2. The number of aromatic nitrogens is 2. The Morgan fingerprint density at radius 3 is 2.23 bits per heavy atom. The van der Waals surface area contributed by atoms with Crippen LogP contribution in [-0.4, -0.2) is 27.1 Å². The molecule has 35 heavy (non-hydrogen) atoms. The maximum atomic E-state index is 13.5. The summed E-state index contributed by atoms with van der Waals surface area (Å²) in [6.45, 7) is 0.858. The molecule has 7 heteroatoms. The third-order valence-electron chi connectivity index (χ3n) is 6.07. The van der Waals surface area contributed by atoms with Gasteiger partial charge < -0.3 is 9.64 Å². The monoisotopic (exact) mass is 473 g/mol. The highest BCUT2D eigenvalue weighted by Gasteiger charge is 2.30. The average molecular weight is 474 g/mol. The quantitative estimate of drug-likeness (QED) is 0.306. The molecule has 0 radical (unpaired) electrons. The molecule has 1 heterocycles. The predicted octanol–water partition coefficient (Wildman–Crippen LogP) is 6.21. The fourth-order valence-electron chi connectivity index (χ4n) is 4.06. The Balaban J connectivity index is 1.54. The zero-order chi connectivity index (χ0) is 24.4. The van der Waals surface area contributed by atoms with Gasteiger partial charge in [-0.1, -0.05) is 30.3 Å². The van der Waals surface area contributed by atoms with Gasteiger partial charge >= 0.3 is 0 Å². The number of nitrogens with zero attached hydrogens (tertiary/aromatic N) is 3. The largest absolute Gasteiger partial charge is 0.439 e. The highest BCUT2D eigenvalue weighted by Crippen LogP contribution is 2.36. The van der Waals surface area contributed by atoms with Crippen molar-refractivity contribution in [2.45, 2.75) is 19.4 Å². The molecule has 1 aliphatic carbocycles. The second kappa shape index (κ2) is 9.70. The van der Waals surface area contributed by atoms with Gasteiger partial charge in [-0.05, 0) is 67.3 Å². The molecule has 0 N–H and O–H groups in total. The van der Waals surface area contributed by atoms with Gasteiger partial charge in [-0.15, -0.1) is 0 Å². The van der Waals surface area contributed by atoms with Crippen molar-refractivity contribution in [1.82, 2.24) is 14.7 Å². The molecule has 1 fully saturated rings. The zero-order valence-corrected chi connectivity index (χ0v) is 19.3. The third kappa shape index (κ3) is 5.24. The summed E-state index contributed by atoms with van der Waals surface area (Å²) in [7, 11) is 1.78. The van der Waals surface area contributed by atoms with Gasteiger partial charge in [-0.3, -0.25) is 4.79 Å². The van der Waals surface area contributed by atoms with E-state index in [-0.39, 0.29) is 24.1 Å². The highest BCUT2D eigenvalue weighted by atomic mass is 19.1. The van der Waals surface area contributed by atoms with Gasteiger partial charge in [0.1, 0.15) is 23.1 Å². The van der Waals surface area contributed by atoms with E-state index in [2.05, 4.69) is 0 Å². The Labute approximate surface area is 202 Å². The molecule has 0 saturated heterocycles. The molecular formula is C28H25F2N3O2. The number of benzene rings is 3. The van der Waals surface area contributed by atoms with Crippen molar-refractivity contribution >= 4 is 5.91 Å². The summed E-state index contributed by atoms with van der Waals surface area (Å²) < 4.78 is 34.7. The lowest BCUT2D eigenvalue weighted by Crippen LogP contribution is -2.32. The van der Waals surface area contributed by atoms with Crippen LogP contribution in [0.4, 0.5) is 8.78 Å². The fourth-order valence-corrected chi connectivity index (χ4v) is 4.06. The fraction of sp³-hybridized carbons (Fsp3) is 0.214. The maximum absolute atomic E-state index is 13.5. The summed E-state index contributed by atoms with van der Waals surface area (Å²) in [6.07, 6.45) is 2.15. The topological polar surface area (TPSA) is 47.4 Å². The van der Waals surface area contributed by atoms with E-state index in [0.29, 0.717) is 35.3 Å². The lowest BCUT2D eigenvalue weighted by atomic mass is 10.1. The molecule has 0 spiro atoms. The molecule has 5 nitrogen and oxygen atoms in total. The van der Waals surface area contributed by atoms with Gasteiger partial charge in [-0.2, -0.15) is 5.10 Å². The zero-order valence-electron chi connectivity index (χ0n) is 19.3. The first-order valence-electron chi connectivity index (χ1n) is 11.6. The number of hydrogen-bond donors (Lipinski definition) is 0. The first-order valence-corrected chi connectivity index (χ1v) is 11.6. The Morgan fingerprint density at radius 1 is 0.971 bits per heavy atom. The second-order valence-electron chi connectivity index (χ2n) is 8.81. The Kier molecular flexibility index (Phi) is 6.31. The van der Waals surface area contributed by atoms with Crippen molar-refractivity contribution in [3.05, 3.63) is 102 Å². The number of carbonyl (C=O) groups excluding carboxylic acids is 1. The summed E-state index contributed by atoms with van der Waals surface area (Å²) in [4.78, 5) is 15.3. The van der Waals surface area contributed by atoms with Gasteiger partial charge in [0.2, 0.25) is 5.88 Å². The first-order chi connectivity index (χ1) is 17.0. The van der Waals surface area contributed by atoms with Crippen LogP contribution in [0.25, 0.3) is 11.3 Å². The van der Waals surface area contributed by atoms with E-state index in [1.165, 1.54) is 36.4 Å². The van der Waals surface area contributed by atoms with Crippen LogP contribution in [0.3, 0.4) is 0 Å². The van der Waals surface area contributed by atoms with Crippen LogP contribution in [0, 0.1) is 17.6 Å². The number of ether oxygens (including phenoxy) is 1. The van der Waals surface area contributed by atoms with Crippen molar-refractivity contribution in [3.8, 4) is 22.9 Å². The summed E-state index contributed by atoms with van der Waals surface area (Å²) in [5.41, 5.74) is 2.78. The predicted molar refractivity (Wildman–Crippen MR) is 129 cm³/mol. The molecule has 0 bridgehead atoms. The van der Waals surface area contributed by atoms with Gasteiger partial charge in [0.05, 0.1) is 12.1 Å². The van der Waals surface area contributed by atoms with E-state index in [1.54, 1.807) is 28.8 Å². The van der Waals surface area contributed by atoms with Crippen LogP contribution < -0.4 is 4.74 Å². The van der Waals surface area contributed by atoms with E-state index in [0.717, 1.165) is 24.0 Å². The molecule has 0 atom stereocenters. The smallest absolute Gasteiger partial charge is 0.254 e. The molecular weight excluding hydrogens is 448 g/mol. The third-order valence-corrected chi connectivity index (χ3v) is 6.07. The number of rotatable bonds is 8. The van der Waals surface area contributed by atoms with E-state index in [9.17, 15) is 13.6 Å². The van der Waals surface area contributed by atoms with Crippen LogP contribution in [0.1, 0.15) is 28.8 Å². The molecule has 1 amide bonds. The summed E-state index contributed by atoms with van der Waals surface area (Å²) in [6, 6.07) is 21.1. The van der Waals surface area contributed by atoms with Crippen molar-refractivity contribution in [1.29, 1.82) is 0 Å². The number of amides is 1. The van der Waals surface area contributed by atoms with E-state index < -0.39 is 0 Å². The van der Waals surface area contributed by atoms with Gasteiger partial charge in [0, 0.05) is 24.7 Å². The molecule has 5 rings (SSSR count). The standard InChI is InChI=1S/C28H25F2N3O2/c1-32-28(35-24-15-13-23(30)14-16-24)25(26(31-32)20-5-3-2-4-6-20)18-33(17-19-7-8-19)27(34)21-9-11-22(29)12-10-21/h2-6,9-16,19H,7-8,17-18H2,1H3. The minimum atomic E-state index is -0.385. The lowest BCUT2D eigenvalue weighted by Gasteiger charge is -2.23. The van der Waals surface area contributed by atoms with Crippen molar-refractivity contribution < 1.29 is 18.3 Å². The minimum absolute atomic E-state index is 0.174. The van der Waals surface area contributed by atoms with Gasteiger partial charge in [0.25, 0.3) is 5.91 Å². The molecule has 3 aromatic carbocycles. The molecule has 178 valence electrons. The van der Waals surface area contributed by atoms with E-state index in [4.69, 9.17) is 9.84 Å². The molecule has 4 aromatic rings. The first kappa shape index (κ1) is 22.8. The van der Waals surface area contributed by atoms with Crippen LogP contribution in [0.15, 0.2) is 78.9 Å². The summed E-state index contributed by atoms with van der Waals surface area (Å²) in [5, 5.41) is 4.72. The van der Waals surface area contributed by atoms with E-state index in [1.807, 2.05) is 30.3 Å². The van der Waals surface area contributed by atoms with Crippen LogP contribution in [-0.2, 0) is 13.6 Å². The van der Waals surface area contributed by atoms with E-state index >= 15 is 0 Å². The molecule has 1 aromatic heterocycles. The SMILES string of the molecule is Cn1nc(-c2ccccc2)c(CN(CC2CC2)C(=O)c2ccc(F)cc2)c1Oc1ccc(F)cc1. The van der Waals surface area contributed by atoms with Gasteiger partial charge in [-0.25, -0.2) is 13.5 Å². The Bertz CT molecular complexity index is 1320. The Hall–Kier alpha value is -4.00. The molecule has 1 saturated carbocycles. The normalized spacial score (nSPS) is 13.0. The number of hydrogen-bond acceptors (Lipinski definition) is 3. The minimum Gasteiger partial charge on any atom is -0.439 e. The molecule has 0 aliphatic heterocycles. The second-order valence-corrected chi connectivity index (χ2v) is 8.81. The Morgan fingerprint density at radius 2 is 1.60 bits per heavy atom. The summed E-state index contributed by atoms with van der Waals surface area (Å²) in [5.74, 6) is 0.471. The maximum Gasteiger partial charge on any atom is 0.254 e. The average Bonchev–Trinajstić information content (AvgIpc) is 3.64. The molecule has 1 aliphatic rings. The van der Waals surface area contributed by atoms with Crippen molar-refractivity contribution in [2.24, 2.45) is 13.0 Å². The van der Waals surface area contributed by atoms with Gasteiger partial charge in [0.15, 0.2) is 0 Å². The number of carbonyl (C=O) groups is 1. The van der Waals surface area contributed by atoms with Crippen LogP contribution >= 0.6 is 0 Å². The molecule has 0 unspecified atom stereocenters. The lowest BCUT2D eigenvalue weighted by molar-refractivity contribution is 0.0734. The highest BCUT2D eigenvalue weighted by molar-refractivity contribution is 5.94. The van der Waals surface area contributed by atoms with Crippen molar-refractivity contribution in [2.75, 3.05) is 6.54 Å². The van der Waals surface area contributed by atoms with Crippen LogP contribution in [0.5, 0.6) is 11.6 Å². The number of aryl methyl sites for hydroxylation is 1. The van der Waals surface area contributed by atoms with Crippen molar-refractivity contribution in [3.63, 3.8) is 0 Å².